The van der Waals surface area contributed by atoms with Gasteiger partial charge in [-0.1, -0.05) is 26.8 Å². The molecule has 1 aliphatic rings. The van der Waals surface area contributed by atoms with Gasteiger partial charge in [0.25, 0.3) is 0 Å². The molecule has 0 atom stereocenters. The summed E-state index contributed by atoms with van der Waals surface area (Å²) in [5, 5.41) is 14.0. The van der Waals surface area contributed by atoms with Crippen LogP contribution in [0.1, 0.15) is 50.6 Å². The molecule has 1 aromatic heterocycles. The van der Waals surface area contributed by atoms with E-state index in [4.69, 9.17) is 0 Å². The number of carboxylic acid groups (broad SMARTS) is 1. The average molecular weight is 542 g/mol. The number of sulfone groups is 1. The fourth-order valence-electron chi connectivity index (χ4n) is 4.93. The molecule has 37 heavy (non-hydrogen) atoms. The molecule has 0 saturated carbocycles. The minimum atomic E-state index is -2.98. The van der Waals surface area contributed by atoms with Crippen LogP contribution < -0.4 is 10.2 Å². The minimum Gasteiger partial charge on any atom is -0.478 e. The van der Waals surface area contributed by atoms with Gasteiger partial charge in [-0.2, -0.15) is 0 Å². The Hall–Kier alpha value is -2.91. The predicted octanol–water partition coefficient (Wildman–Crippen LogP) is 6.27. The van der Waals surface area contributed by atoms with E-state index >= 15 is 0 Å². The lowest BCUT2D eigenvalue weighted by atomic mass is 9.99. The zero-order valence-electron chi connectivity index (χ0n) is 21.8. The van der Waals surface area contributed by atoms with E-state index in [9.17, 15) is 18.3 Å². The lowest BCUT2D eigenvalue weighted by Gasteiger charge is -2.38. The summed E-state index contributed by atoms with van der Waals surface area (Å²) in [5.74, 6) is -0.189. The molecule has 1 saturated heterocycles. The summed E-state index contributed by atoms with van der Waals surface area (Å²) < 4.78 is 25.4. The first-order valence-electron chi connectivity index (χ1n) is 12.7. The number of fused-ring (bicyclic) bond motifs is 1. The summed E-state index contributed by atoms with van der Waals surface area (Å²) >= 11 is 1.66. The number of aryl methyl sites for hydroxylation is 1. The third-order valence-electron chi connectivity index (χ3n) is 6.66. The Morgan fingerprint density at radius 1 is 1.22 bits per heavy atom. The molecule has 9 heteroatoms. The number of aliphatic carboxylic acids is 1. The van der Waals surface area contributed by atoms with Crippen LogP contribution in [0.25, 0.3) is 15.8 Å². The maximum atomic E-state index is 12.1. The molecule has 2 heterocycles. The van der Waals surface area contributed by atoms with Crippen molar-refractivity contribution < 1.29 is 18.3 Å². The van der Waals surface area contributed by atoms with E-state index in [2.05, 4.69) is 35.1 Å². The van der Waals surface area contributed by atoms with Crippen molar-refractivity contribution in [2.45, 2.75) is 53.0 Å². The van der Waals surface area contributed by atoms with E-state index < -0.39 is 15.8 Å². The Morgan fingerprint density at radius 2 is 1.95 bits per heavy atom. The second-order valence-electron chi connectivity index (χ2n) is 10.1. The molecule has 4 rings (SSSR count). The van der Waals surface area contributed by atoms with Crippen LogP contribution in [0.2, 0.25) is 0 Å². The second kappa shape index (κ2) is 11.2. The van der Waals surface area contributed by atoms with Crippen molar-refractivity contribution in [3.8, 4) is 0 Å². The number of nitrogens with one attached hydrogen (secondary N) is 1. The molecule has 1 fully saturated rings. The highest BCUT2D eigenvalue weighted by atomic mass is 32.2. The fourth-order valence-corrected chi connectivity index (χ4v) is 7.20. The quantitative estimate of drug-likeness (QED) is 0.308. The summed E-state index contributed by atoms with van der Waals surface area (Å²) in [6.45, 7) is 9.06. The van der Waals surface area contributed by atoms with Crippen molar-refractivity contribution in [1.29, 1.82) is 0 Å². The summed E-state index contributed by atoms with van der Waals surface area (Å²) in [4.78, 5) is 18.4. The molecule has 0 bridgehead atoms. The maximum Gasteiger partial charge on any atom is 0.328 e. The first kappa shape index (κ1) is 27.1. The van der Waals surface area contributed by atoms with Crippen molar-refractivity contribution in [2.24, 2.45) is 5.92 Å². The van der Waals surface area contributed by atoms with Crippen LogP contribution in [0.3, 0.4) is 0 Å². The molecule has 198 valence electrons. The van der Waals surface area contributed by atoms with Crippen molar-refractivity contribution in [1.82, 2.24) is 4.98 Å². The molecule has 0 unspecified atom stereocenters. The number of allylic oxidation sites excluding steroid dienone is 1. The molecule has 0 amide bonds. The molecule has 0 spiro atoms. The average Bonchev–Trinajstić information content (AvgIpc) is 3.20. The van der Waals surface area contributed by atoms with Gasteiger partial charge in [-0.3, -0.25) is 0 Å². The van der Waals surface area contributed by atoms with Crippen LogP contribution in [0, 0.1) is 12.8 Å². The molecular formula is C28H35N3O4S2. The van der Waals surface area contributed by atoms with Crippen LogP contribution in [0.4, 0.5) is 17.1 Å². The Kier molecular flexibility index (Phi) is 8.23. The molecular weight excluding hydrogens is 506 g/mol. The van der Waals surface area contributed by atoms with Crippen LogP contribution in [0.5, 0.6) is 0 Å². The molecule has 1 aliphatic heterocycles. The minimum absolute atomic E-state index is 0.112. The lowest BCUT2D eigenvalue weighted by molar-refractivity contribution is -0.131. The van der Waals surface area contributed by atoms with E-state index in [1.54, 1.807) is 11.3 Å². The Balaban J connectivity index is 1.79. The molecule has 2 aromatic carbocycles. The highest BCUT2D eigenvalue weighted by Crippen LogP contribution is 2.37. The Bertz CT molecular complexity index is 1410. The zero-order chi connectivity index (χ0) is 26.7. The van der Waals surface area contributed by atoms with Gasteiger partial charge in [0.2, 0.25) is 0 Å². The van der Waals surface area contributed by atoms with Gasteiger partial charge < -0.3 is 15.3 Å². The highest BCUT2D eigenvalue weighted by molar-refractivity contribution is 7.91. The van der Waals surface area contributed by atoms with Crippen LogP contribution in [-0.4, -0.2) is 48.6 Å². The topological polar surface area (TPSA) is 99.6 Å². The number of thiazole rings is 1. The lowest BCUT2D eigenvalue weighted by Crippen LogP contribution is -2.43. The largest absolute Gasteiger partial charge is 0.478 e. The number of nitrogens with zero attached hydrogens (tertiary/aromatic N) is 2. The molecule has 0 aliphatic carbocycles. The molecule has 3 aromatic rings. The third-order valence-corrected chi connectivity index (χ3v) is 9.32. The first-order valence-corrected chi connectivity index (χ1v) is 15.4. The van der Waals surface area contributed by atoms with Gasteiger partial charge in [-0.15, -0.1) is 11.3 Å². The number of aromatic nitrogens is 1. The normalized spacial score (nSPS) is 16.3. The number of hydrogen-bond acceptors (Lipinski definition) is 7. The monoisotopic (exact) mass is 541 g/mol. The van der Waals surface area contributed by atoms with Crippen LogP contribution >= 0.6 is 11.3 Å². The van der Waals surface area contributed by atoms with Crippen LogP contribution in [-0.2, 0) is 14.6 Å². The third kappa shape index (κ3) is 6.70. The Morgan fingerprint density at radius 3 is 2.59 bits per heavy atom. The summed E-state index contributed by atoms with van der Waals surface area (Å²) in [6, 6.07) is 12.3. The maximum absolute atomic E-state index is 12.1. The highest BCUT2D eigenvalue weighted by Gasteiger charge is 2.30. The van der Waals surface area contributed by atoms with E-state index in [0.717, 1.165) is 50.0 Å². The fraction of sp³-hybridized carbons (Fsp3) is 0.429. The SMILES string of the molecule is CC/C(=C\C(=O)O)c1ccc(N(CC(C)C)C2CCS(=O)(=O)CC2)c(Nc2ccc3sc(C)nc3c2)c1. The smallest absolute Gasteiger partial charge is 0.328 e. The second-order valence-corrected chi connectivity index (χ2v) is 13.6. The number of rotatable bonds is 9. The molecule has 7 nitrogen and oxygen atoms in total. The van der Waals surface area contributed by atoms with Gasteiger partial charge in [-0.05, 0) is 73.6 Å². The van der Waals surface area contributed by atoms with Crippen molar-refractivity contribution >= 4 is 60.0 Å². The molecule has 2 N–H and O–H groups in total. The van der Waals surface area contributed by atoms with Gasteiger partial charge in [0.15, 0.2) is 0 Å². The number of benzene rings is 2. The molecule has 0 radical (unpaired) electrons. The Labute approximate surface area is 223 Å². The number of carboxylic acids is 1. The van der Waals surface area contributed by atoms with E-state index in [1.165, 1.54) is 6.08 Å². The standard InChI is InChI=1S/C28H35N3O4S2/c1-5-20(15-28(32)33)21-6-8-26(31(17-18(2)3)23-10-12-37(34,35)13-11-23)24(14-21)30-22-7-9-27-25(16-22)29-19(4)36-27/h6-9,14-16,18,23,30H,5,10-13,17H2,1-4H3,(H,32,33)/b20-15+. The van der Waals surface area contributed by atoms with Crippen molar-refractivity contribution in [3.63, 3.8) is 0 Å². The van der Waals surface area contributed by atoms with Gasteiger partial charge in [-0.25, -0.2) is 18.2 Å². The van der Waals surface area contributed by atoms with Crippen molar-refractivity contribution in [3.05, 3.63) is 53.0 Å². The first-order chi connectivity index (χ1) is 17.5. The van der Waals surface area contributed by atoms with E-state index in [0.29, 0.717) is 25.2 Å². The van der Waals surface area contributed by atoms with Gasteiger partial charge in [0.05, 0.1) is 38.1 Å². The van der Waals surface area contributed by atoms with Gasteiger partial charge in [0, 0.05) is 24.4 Å². The van der Waals surface area contributed by atoms with Gasteiger partial charge >= 0.3 is 5.97 Å². The summed E-state index contributed by atoms with van der Waals surface area (Å²) in [6.07, 6.45) is 3.05. The predicted molar refractivity (Wildman–Crippen MR) is 154 cm³/mol. The summed E-state index contributed by atoms with van der Waals surface area (Å²) in [7, 11) is -2.98. The van der Waals surface area contributed by atoms with E-state index in [1.807, 2.05) is 44.2 Å². The van der Waals surface area contributed by atoms with Gasteiger partial charge in [0.1, 0.15) is 9.84 Å². The number of hydrogen-bond donors (Lipinski definition) is 2. The van der Waals surface area contributed by atoms with Crippen molar-refractivity contribution in [2.75, 3.05) is 28.3 Å². The van der Waals surface area contributed by atoms with Crippen LogP contribution in [0.15, 0.2) is 42.5 Å². The summed E-state index contributed by atoms with van der Waals surface area (Å²) in [5.41, 5.74) is 5.27. The number of anilines is 3. The zero-order valence-corrected chi connectivity index (χ0v) is 23.5. The number of carbonyl (C=O) groups is 1. The van der Waals surface area contributed by atoms with E-state index in [-0.39, 0.29) is 17.5 Å².